The van der Waals surface area contributed by atoms with E-state index in [1.165, 1.54) is 12.1 Å². The zero-order valence-corrected chi connectivity index (χ0v) is 21.6. The molecule has 35 heavy (non-hydrogen) atoms. The summed E-state index contributed by atoms with van der Waals surface area (Å²) in [5.41, 5.74) is 2.53. The van der Waals surface area contributed by atoms with Gasteiger partial charge in [-0.2, -0.15) is 0 Å². The number of hydrogen-bond donors (Lipinski definition) is 1. The quantitative estimate of drug-likeness (QED) is 0.670. The number of hydrogen-bond acceptors (Lipinski definition) is 4. The summed E-state index contributed by atoms with van der Waals surface area (Å²) in [4.78, 5) is 30.1. The van der Waals surface area contributed by atoms with Crippen LogP contribution in [0.15, 0.2) is 47.4 Å². The van der Waals surface area contributed by atoms with Gasteiger partial charge in [0, 0.05) is 43.3 Å². The first-order chi connectivity index (χ1) is 16.6. The van der Waals surface area contributed by atoms with Crippen molar-refractivity contribution in [2.75, 3.05) is 30.9 Å². The number of benzene rings is 2. The second kappa shape index (κ2) is 10.4. The third kappa shape index (κ3) is 5.86. The van der Waals surface area contributed by atoms with Crippen LogP contribution in [0.25, 0.3) is 0 Å². The van der Waals surface area contributed by atoms with Gasteiger partial charge in [-0.15, -0.1) is 0 Å². The van der Waals surface area contributed by atoms with Gasteiger partial charge in [0.25, 0.3) is 15.9 Å². The molecule has 0 atom stereocenters. The summed E-state index contributed by atoms with van der Waals surface area (Å²) in [6, 6.07) is 11.8. The molecule has 2 fully saturated rings. The van der Waals surface area contributed by atoms with Gasteiger partial charge >= 0.3 is 0 Å². The molecule has 2 heterocycles. The van der Waals surface area contributed by atoms with E-state index in [1.807, 2.05) is 24.8 Å². The Morgan fingerprint density at radius 2 is 1.54 bits per heavy atom. The summed E-state index contributed by atoms with van der Waals surface area (Å²) in [5, 5.41) is 0. The highest BCUT2D eigenvalue weighted by Crippen LogP contribution is 2.26. The fraction of sp³-hybridized carbons (Fsp3) is 0.481. The molecule has 0 aliphatic carbocycles. The molecule has 2 aliphatic heterocycles. The standard InChI is InChI=1S/C27H35N3O4S/c1-19-9-13-29(14-10-19)26(31)22-11-15-30(16-12-22)27(32)25-18-24(8-7-21(25)3)35(33,34)28-23-6-4-5-20(2)17-23/h4-8,17-19,22,28H,9-16H2,1-3H3. The molecule has 2 aromatic carbocycles. The van der Waals surface area contributed by atoms with E-state index >= 15 is 0 Å². The maximum absolute atomic E-state index is 13.3. The van der Waals surface area contributed by atoms with Crippen LogP contribution in [-0.4, -0.2) is 56.2 Å². The Morgan fingerprint density at radius 3 is 2.20 bits per heavy atom. The number of amides is 2. The molecule has 2 saturated heterocycles. The molecule has 0 aromatic heterocycles. The van der Waals surface area contributed by atoms with Gasteiger partial charge in [-0.25, -0.2) is 8.42 Å². The fourth-order valence-electron chi connectivity index (χ4n) is 4.91. The maximum atomic E-state index is 13.3. The highest BCUT2D eigenvalue weighted by Gasteiger charge is 2.32. The lowest BCUT2D eigenvalue weighted by atomic mass is 9.92. The molecule has 4 rings (SSSR count). The fourth-order valence-corrected chi connectivity index (χ4v) is 5.98. The topological polar surface area (TPSA) is 86.8 Å². The second-order valence-corrected chi connectivity index (χ2v) is 11.7. The lowest BCUT2D eigenvalue weighted by Crippen LogP contribution is -2.46. The number of sulfonamides is 1. The summed E-state index contributed by atoms with van der Waals surface area (Å²) < 4.78 is 28.6. The number of carbonyl (C=O) groups is 2. The Bertz CT molecular complexity index is 1190. The van der Waals surface area contributed by atoms with Crippen molar-refractivity contribution in [3.63, 3.8) is 0 Å². The highest BCUT2D eigenvalue weighted by molar-refractivity contribution is 7.92. The van der Waals surface area contributed by atoms with Gasteiger partial charge in [0.1, 0.15) is 0 Å². The molecule has 2 aromatic rings. The molecular weight excluding hydrogens is 462 g/mol. The van der Waals surface area contributed by atoms with Gasteiger partial charge in [0.2, 0.25) is 5.91 Å². The van der Waals surface area contributed by atoms with Crippen molar-refractivity contribution in [2.24, 2.45) is 11.8 Å². The lowest BCUT2D eigenvalue weighted by Gasteiger charge is -2.37. The van der Waals surface area contributed by atoms with Crippen LogP contribution in [0.3, 0.4) is 0 Å². The molecule has 0 unspecified atom stereocenters. The van der Waals surface area contributed by atoms with Crippen LogP contribution in [-0.2, 0) is 14.8 Å². The molecule has 0 radical (unpaired) electrons. The van der Waals surface area contributed by atoms with E-state index in [4.69, 9.17) is 0 Å². The average Bonchev–Trinajstić information content (AvgIpc) is 2.83. The van der Waals surface area contributed by atoms with Crippen LogP contribution >= 0.6 is 0 Å². The predicted octanol–water partition coefficient (Wildman–Crippen LogP) is 4.21. The van der Waals surface area contributed by atoms with Gasteiger partial charge in [0.05, 0.1) is 4.90 Å². The Labute approximate surface area is 208 Å². The maximum Gasteiger partial charge on any atom is 0.261 e. The molecule has 0 spiro atoms. The monoisotopic (exact) mass is 497 g/mol. The molecule has 188 valence electrons. The van der Waals surface area contributed by atoms with Crippen LogP contribution in [0.4, 0.5) is 5.69 Å². The van der Waals surface area contributed by atoms with E-state index in [9.17, 15) is 18.0 Å². The largest absolute Gasteiger partial charge is 0.342 e. The molecule has 7 nitrogen and oxygen atoms in total. The van der Waals surface area contributed by atoms with E-state index in [-0.39, 0.29) is 22.6 Å². The first-order valence-electron chi connectivity index (χ1n) is 12.4. The predicted molar refractivity (Wildman–Crippen MR) is 137 cm³/mol. The number of likely N-dealkylation sites (tertiary alicyclic amines) is 2. The number of rotatable bonds is 5. The van der Waals surface area contributed by atoms with Crippen LogP contribution in [0.1, 0.15) is 54.1 Å². The van der Waals surface area contributed by atoms with Gasteiger partial charge in [-0.05, 0) is 80.8 Å². The zero-order chi connectivity index (χ0) is 25.2. The summed E-state index contributed by atoms with van der Waals surface area (Å²) >= 11 is 0. The molecule has 8 heteroatoms. The van der Waals surface area contributed by atoms with Crippen molar-refractivity contribution in [3.8, 4) is 0 Å². The first-order valence-corrected chi connectivity index (χ1v) is 13.9. The number of nitrogens with zero attached hydrogens (tertiary/aromatic N) is 2. The van der Waals surface area contributed by atoms with Crippen LogP contribution in [0.5, 0.6) is 0 Å². The zero-order valence-electron chi connectivity index (χ0n) is 20.8. The first kappa shape index (κ1) is 25.2. The van der Waals surface area contributed by atoms with Crippen molar-refractivity contribution < 1.29 is 18.0 Å². The van der Waals surface area contributed by atoms with Gasteiger partial charge in [0.15, 0.2) is 0 Å². The third-order valence-corrected chi connectivity index (χ3v) is 8.63. The molecule has 0 saturated carbocycles. The van der Waals surface area contributed by atoms with E-state index in [2.05, 4.69) is 11.6 Å². The number of anilines is 1. The SMILES string of the molecule is Cc1cccc(NS(=O)(=O)c2ccc(C)c(C(=O)N3CCC(C(=O)N4CCC(C)CC4)CC3)c2)c1. The molecule has 1 N–H and O–H groups in total. The summed E-state index contributed by atoms with van der Waals surface area (Å²) in [6.07, 6.45) is 3.39. The smallest absolute Gasteiger partial charge is 0.261 e. The van der Waals surface area contributed by atoms with Crippen LogP contribution in [0.2, 0.25) is 0 Å². The molecule has 2 aliphatic rings. The van der Waals surface area contributed by atoms with E-state index in [1.54, 1.807) is 29.2 Å². The second-order valence-electron chi connectivity index (χ2n) is 10.0. The Kier molecular flexibility index (Phi) is 7.50. The molecular formula is C27H35N3O4S. The summed E-state index contributed by atoms with van der Waals surface area (Å²) in [6.45, 7) is 8.59. The van der Waals surface area contributed by atoms with Crippen LogP contribution in [0, 0.1) is 25.7 Å². The lowest BCUT2D eigenvalue weighted by molar-refractivity contribution is -0.138. The summed E-state index contributed by atoms with van der Waals surface area (Å²) in [7, 11) is -3.84. The van der Waals surface area contributed by atoms with Gasteiger partial charge in [-0.3, -0.25) is 14.3 Å². The minimum absolute atomic E-state index is 0.0428. The van der Waals surface area contributed by atoms with Crippen molar-refractivity contribution in [1.82, 2.24) is 9.80 Å². The highest BCUT2D eigenvalue weighted by atomic mass is 32.2. The normalized spacial score (nSPS) is 17.9. The van der Waals surface area contributed by atoms with Gasteiger partial charge < -0.3 is 9.80 Å². The number of aryl methyl sites for hydroxylation is 2. The van der Waals surface area contributed by atoms with Crippen LogP contribution < -0.4 is 4.72 Å². The number of nitrogens with one attached hydrogen (secondary N) is 1. The van der Waals surface area contributed by atoms with Gasteiger partial charge in [-0.1, -0.05) is 25.1 Å². The average molecular weight is 498 g/mol. The number of piperidine rings is 2. The van der Waals surface area contributed by atoms with E-state index < -0.39 is 10.0 Å². The molecule has 0 bridgehead atoms. The van der Waals surface area contributed by atoms with Crippen molar-refractivity contribution in [2.45, 2.75) is 51.3 Å². The van der Waals surface area contributed by atoms with E-state index in [0.717, 1.165) is 37.1 Å². The van der Waals surface area contributed by atoms with Crippen molar-refractivity contribution in [1.29, 1.82) is 0 Å². The minimum Gasteiger partial charge on any atom is -0.342 e. The third-order valence-electron chi connectivity index (χ3n) is 7.25. The molecule has 2 amide bonds. The Balaban J connectivity index is 1.42. The summed E-state index contributed by atoms with van der Waals surface area (Å²) in [5.74, 6) is 0.662. The Morgan fingerprint density at radius 1 is 0.886 bits per heavy atom. The van der Waals surface area contributed by atoms with Crippen molar-refractivity contribution in [3.05, 3.63) is 59.2 Å². The minimum atomic E-state index is -3.84. The Hall–Kier alpha value is -2.87. The number of carbonyl (C=O) groups excluding carboxylic acids is 2. The van der Waals surface area contributed by atoms with Crippen molar-refractivity contribution >= 4 is 27.5 Å². The van der Waals surface area contributed by atoms with E-state index in [0.29, 0.717) is 43.1 Å².